The molecule has 3 saturated carbocycles. The average molecular weight is 532 g/mol. The molecule has 1 aliphatic heterocycles. The number of aliphatic hydroxyl groups is 1. The molecule has 0 spiro atoms. The molecule has 39 heavy (non-hydrogen) atoms. The smallest absolute Gasteiger partial charge is 0.261 e. The molecular weight excluding hydrogens is 482 g/mol. The van der Waals surface area contributed by atoms with E-state index in [1.807, 2.05) is 0 Å². The summed E-state index contributed by atoms with van der Waals surface area (Å²) < 4.78 is 0. The van der Waals surface area contributed by atoms with Crippen molar-refractivity contribution >= 4 is 11.8 Å². The molecule has 0 unspecified atom stereocenters. The molecule has 4 nitrogen and oxygen atoms in total. The van der Waals surface area contributed by atoms with Gasteiger partial charge in [0.15, 0.2) is 0 Å². The zero-order chi connectivity index (χ0) is 27.9. The van der Waals surface area contributed by atoms with Crippen LogP contribution in [0.1, 0.15) is 126 Å². The number of imide groups is 1. The monoisotopic (exact) mass is 531 g/mol. The normalized spacial score (nSPS) is 34.1. The Morgan fingerprint density at radius 3 is 2.44 bits per heavy atom. The summed E-state index contributed by atoms with van der Waals surface area (Å²) in [6.07, 6.45) is 16.2. The fourth-order valence-corrected chi connectivity index (χ4v) is 8.64. The van der Waals surface area contributed by atoms with Crippen LogP contribution in [0.3, 0.4) is 0 Å². The number of benzene rings is 1. The molecule has 1 heterocycles. The van der Waals surface area contributed by atoms with Crippen LogP contribution in [0.5, 0.6) is 0 Å². The molecule has 3 aliphatic carbocycles. The van der Waals surface area contributed by atoms with Gasteiger partial charge >= 0.3 is 0 Å². The van der Waals surface area contributed by atoms with E-state index in [9.17, 15) is 14.7 Å². The summed E-state index contributed by atoms with van der Waals surface area (Å²) in [5.41, 5.74) is 4.51. The van der Waals surface area contributed by atoms with Gasteiger partial charge in [-0.05, 0) is 98.5 Å². The maximum Gasteiger partial charge on any atom is 0.261 e. The minimum Gasteiger partial charge on any atom is -0.393 e. The topological polar surface area (TPSA) is 57.6 Å². The van der Waals surface area contributed by atoms with Crippen molar-refractivity contribution in [1.82, 2.24) is 4.90 Å². The summed E-state index contributed by atoms with van der Waals surface area (Å²) in [6, 6.07) is 6.79. The van der Waals surface area contributed by atoms with Crippen molar-refractivity contribution in [3.63, 3.8) is 0 Å². The molecule has 2 amide bonds. The lowest BCUT2D eigenvalue weighted by Crippen LogP contribution is -2.44. The van der Waals surface area contributed by atoms with Gasteiger partial charge in [-0.25, -0.2) is 0 Å². The summed E-state index contributed by atoms with van der Waals surface area (Å²) in [7, 11) is 0. The van der Waals surface area contributed by atoms with Gasteiger partial charge in [0.1, 0.15) is 0 Å². The van der Waals surface area contributed by atoms with E-state index < -0.39 is 6.10 Å². The van der Waals surface area contributed by atoms with Crippen LogP contribution in [0.4, 0.5) is 0 Å². The van der Waals surface area contributed by atoms with Crippen LogP contribution in [0.15, 0.2) is 47.6 Å². The van der Waals surface area contributed by atoms with E-state index in [0.717, 1.165) is 17.4 Å². The lowest BCUT2D eigenvalue weighted by molar-refractivity contribution is 0.0473. The Morgan fingerprint density at radius 2 is 1.77 bits per heavy atom. The molecule has 3 fully saturated rings. The third-order valence-electron chi connectivity index (χ3n) is 10.6. The second kappa shape index (κ2) is 11.0. The minimum atomic E-state index is -0.529. The Labute approximate surface area is 235 Å². The van der Waals surface area contributed by atoms with Gasteiger partial charge in [0.25, 0.3) is 11.8 Å². The van der Waals surface area contributed by atoms with Crippen molar-refractivity contribution in [3.8, 4) is 0 Å². The SMILES string of the molecule is C[C@H](CCCC(C)(C)C)[C@H]1CC[C@H]2/C(=C/C=C3\C[C@@H](O)C[C@@H](N4C(=O)c5ccccc5C4=O)C3)CCC[C@]12C. The van der Waals surface area contributed by atoms with Crippen LogP contribution < -0.4 is 0 Å². The van der Waals surface area contributed by atoms with E-state index in [1.54, 1.807) is 29.8 Å². The van der Waals surface area contributed by atoms with Crippen molar-refractivity contribution in [1.29, 1.82) is 0 Å². The van der Waals surface area contributed by atoms with E-state index in [1.165, 1.54) is 56.3 Å². The first-order valence-electron chi connectivity index (χ1n) is 15.5. The van der Waals surface area contributed by atoms with Gasteiger partial charge in [0.05, 0.1) is 17.2 Å². The molecule has 1 aromatic carbocycles. The van der Waals surface area contributed by atoms with E-state index in [4.69, 9.17) is 0 Å². The first-order chi connectivity index (χ1) is 18.5. The highest BCUT2D eigenvalue weighted by molar-refractivity contribution is 6.21. The Morgan fingerprint density at radius 1 is 1.08 bits per heavy atom. The minimum absolute atomic E-state index is 0.218. The fourth-order valence-electron chi connectivity index (χ4n) is 8.64. The summed E-state index contributed by atoms with van der Waals surface area (Å²) in [5.74, 6) is 1.79. The third-order valence-corrected chi connectivity index (χ3v) is 10.6. The largest absolute Gasteiger partial charge is 0.393 e. The standard InChI is InChI=1S/C35H49NO3/c1-23(10-8-18-34(2,3)4)30-16-17-31-25(11-9-19-35(30,31)5)15-14-24-20-26(22-27(37)21-24)36-32(38)28-12-6-7-13-29(28)33(36)39/h6-7,12-15,23,26-27,30-31,37H,8-11,16-22H2,1-5H3/b24-14-,25-15+/t23-,26+,27-,30-,31+,35-/m1/s1. The maximum atomic E-state index is 13.1. The highest BCUT2D eigenvalue weighted by Gasteiger charge is 2.50. The zero-order valence-electron chi connectivity index (χ0n) is 24.8. The average Bonchev–Trinajstić information content (AvgIpc) is 3.35. The van der Waals surface area contributed by atoms with Crippen LogP contribution in [0, 0.1) is 28.6 Å². The van der Waals surface area contributed by atoms with Crippen LogP contribution in [-0.4, -0.2) is 34.0 Å². The van der Waals surface area contributed by atoms with Crippen molar-refractivity contribution < 1.29 is 14.7 Å². The molecule has 4 aliphatic rings. The number of rotatable bonds is 6. The van der Waals surface area contributed by atoms with Gasteiger partial charge in [0, 0.05) is 6.04 Å². The Hall–Kier alpha value is -2.20. The number of hydrogen-bond donors (Lipinski definition) is 1. The quantitative estimate of drug-likeness (QED) is 0.377. The molecule has 5 rings (SSSR count). The molecule has 0 aromatic heterocycles. The summed E-state index contributed by atoms with van der Waals surface area (Å²) in [6.45, 7) is 12.1. The molecule has 1 N–H and O–H groups in total. The summed E-state index contributed by atoms with van der Waals surface area (Å²) in [5, 5.41) is 10.7. The van der Waals surface area contributed by atoms with Crippen molar-refractivity contribution in [3.05, 3.63) is 58.7 Å². The molecular formula is C35H49NO3. The van der Waals surface area contributed by atoms with Crippen molar-refractivity contribution in [2.75, 3.05) is 0 Å². The number of aliphatic hydroxyl groups excluding tert-OH is 1. The summed E-state index contributed by atoms with van der Waals surface area (Å²) in [4.78, 5) is 27.6. The highest BCUT2D eigenvalue weighted by Crippen LogP contribution is 2.60. The molecule has 0 bridgehead atoms. The Balaban J connectivity index is 1.28. The lowest BCUT2D eigenvalue weighted by Gasteiger charge is -2.44. The molecule has 6 atom stereocenters. The number of amides is 2. The number of nitrogens with zero attached hydrogens (tertiary/aromatic N) is 1. The number of hydrogen-bond acceptors (Lipinski definition) is 3. The zero-order valence-corrected chi connectivity index (χ0v) is 24.8. The predicted molar refractivity (Wildman–Crippen MR) is 157 cm³/mol. The van der Waals surface area contributed by atoms with E-state index >= 15 is 0 Å². The fraction of sp³-hybridized carbons (Fsp3) is 0.657. The molecule has 212 valence electrons. The predicted octanol–water partition coefficient (Wildman–Crippen LogP) is 8.12. The van der Waals surface area contributed by atoms with Crippen molar-refractivity contribution in [2.24, 2.45) is 28.6 Å². The van der Waals surface area contributed by atoms with E-state index in [-0.39, 0.29) is 17.9 Å². The van der Waals surface area contributed by atoms with Gasteiger partial charge in [-0.1, -0.05) is 82.9 Å². The summed E-state index contributed by atoms with van der Waals surface area (Å²) >= 11 is 0. The van der Waals surface area contributed by atoms with Crippen molar-refractivity contribution in [2.45, 2.75) is 117 Å². The maximum absolute atomic E-state index is 13.1. The molecule has 0 saturated heterocycles. The van der Waals surface area contributed by atoms with E-state index in [2.05, 4.69) is 46.8 Å². The van der Waals surface area contributed by atoms with Gasteiger partial charge in [-0.2, -0.15) is 0 Å². The van der Waals surface area contributed by atoms with Crippen LogP contribution in [0.2, 0.25) is 0 Å². The number of allylic oxidation sites excluding steroid dienone is 3. The molecule has 1 aromatic rings. The first-order valence-corrected chi connectivity index (χ1v) is 15.5. The Bertz CT molecular complexity index is 1120. The van der Waals surface area contributed by atoms with Crippen LogP contribution in [0.25, 0.3) is 0 Å². The second-order valence-corrected chi connectivity index (χ2v) is 14.6. The van der Waals surface area contributed by atoms with E-state index in [0.29, 0.717) is 47.1 Å². The highest BCUT2D eigenvalue weighted by atomic mass is 16.3. The first kappa shape index (κ1) is 28.3. The van der Waals surface area contributed by atoms with Gasteiger partial charge < -0.3 is 5.11 Å². The number of carbonyl (C=O) groups excluding carboxylic acids is 2. The van der Waals surface area contributed by atoms with Crippen LogP contribution >= 0.6 is 0 Å². The Kier molecular flexibility index (Phi) is 7.99. The molecule has 4 heteroatoms. The number of fused-ring (bicyclic) bond motifs is 2. The second-order valence-electron chi connectivity index (χ2n) is 14.6. The molecule has 0 radical (unpaired) electrons. The third kappa shape index (κ3) is 5.69. The van der Waals surface area contributed by atoms with Gasteiger partial charge in [0.2, 0.25) is 0 Å². The number of carbonyl (C=O) groups is 2. The van der Waals surface area contributed by atoms with Gasteiger partial charge in [-0.15, -0.1) is 0 Å². The van der Waals surface area contributed by atoms with Crippen LogP contribution in [-0.2, 0) is 0 Å². The lowest BCUT2D eigenvalue weighted by atomic mass is 9.60. The van der Waals surface area contributed by atoms with Gasteiger partial charge in [-0.3, -0.25) is 14.5 Å².